The number of carbonyl (C=O) groups is 1. The number of aliphatic hydroxyl groups excluding tert-OH is 1. The SMILES string of the molecule is CC(N)=Nc1c(C(N)=O)ncn1[C@@H]1O[C@@H]2COP(O)(=S)OC3C(F)[C@H](n4cnc5c(N)ncnc54)O[C@@H]3COP(=O)(S)OC1C2O. The molecule has 1 amide bonds. The molecule has 2 bridgehead atoms. The minimum atomic E-state index is -4.44. The van der Waals surface area contributed by atoms with Crippen LogP contribution in [0.15, 0.2) is 24.0 Å². The number of thiol groups is 1. The van der Waals surface area contributed by atoms with E-state index in [0.717, 1.165) is 17.2 Å². The highest BCUT2D eigenvalue weighted by atomic mass is 32.7. The summed E-state index contributed by atoms with van der Waals surface area (Å²) in [4.78, 5) is 43.0. The summed E-state index contributed by atoms with van der Waals surface area (Å²) in [7, 11) is 0. The van der Waals surface area contributed by atoms with E-state index in [1.54, 1.807) is 0 Å². The predicted molar refractivity (Wildman–Crippen MR) is 161 cm³/mol. The minimum absolute atomic E-state index is 0.0128. The molecule has 25 heteroatoms. The molecular formula is C21H27FN10O10P2S2. The first-order chi connectivity index (χ1) is 21.7. The van der Waals surface area contributed by atoms with Gasteiger partial charge in [0.15, 0.2) is 41.6 Å². The van der Waals surface area contributed by atoms with Gasteiger partial charge in [0.25, 0.3) is 5.91 Å². The quantitative estimate of drug-likeness (QED) is 0.0892. The number of hydrogen-bond donors (Lipinski definition) is 6. The van der Waals surface area contributed by atoms with E-state index in [4.69, 9.17) is 56.6 Å². The summed E-state index contributed by atoms with van der Waals surface area (Å²) in [6.07, 6.45) is -8.86. The molecule has 10 atom stereocenters. The molecule has 6 heterocycles. The van der Waals surface area contributed by atoms with Crippen LogP contribution in [0, 0.1) is 0 Å². The Balaban J connectivity index is 1.32. The van der Waals surface area contributed by atoms with Gasteiger partial charge in [0.1, 0.15) is 42.4 Å². The predicted octanol–water partition coefficient (Wildman–Crippen LogP) is -0.0216. The van der Waals surface area contributed by atoms with Crippen LogP contribution in [0.1, 0.15) is 29.9 Å². The molecule has 0 spiro atoms. The third-order valence-electron chi connectivity index (χ3n) is 7.11. The van der Waals surface area contributed by atoms with E-state index in [9.17, 15) is 19.4 Å². The van der Waals surface area contributed by atoms with Crippen molar-refractivity contribution < 1.29 is 51.3 Å². The first-order valence-electron chi connectivity index (χ1n) is 13.2. The Morgan fingerprint density at radius 3 is 2.50 bits per heavy atom. The van der Waals surface area contributed by atoms with Gasteiger partial charge in [0, 0.05) is 0 Å². The van der Waals surface area contributed by atoms with E-state index in [0.29, 0.717) is 0 Å². The van der Waals surface area contributed by atoms with Gasteiger partial charge in [-0.25, -0.2) is 33.9 Å². The highest BCUT2D eigenvalue weighted by molar-refractivity contribution is 8.44. The van der Waals surface area contributed by atoms with Crippen molar-refractivity contribution >= 4 is 72.1 Å². The Morgan fingerprint density at radius 2 is 1.78 bits per heavy atom. The van der Waals surface area contributed by atoms with E-state index in [1.807, 2.05) is 0 Å². The normalized spacial score (nSPS) is 37.4. The molecular weight excluding hydrogens is 697 g/mol. The molecule has 6 rings (SSSR count). The maximum atomic E-state index is 16.0. The second-order valence-corrected chi connectivity index (χ2v) is 15.9. The van der Waals surface area contributed by atoms with Crippen LogP contribution in [0.5, 0.6) is 0 Å². The number of amidine groups is 1. The van der Waals surface area contributed by atoms with Crippen molar-refractivity contribution in [3.05, 3.63) is 24.7 Å². The van der Waals surface area contributed by atoms with Gasteiger partial charge in [0.2, 0.25) is 0 Å². The standard InChI is InChI=1S/C21H27FN10O10P2S2/c1-7(23)30-19-12(17(25)34)29-6-32(19)21-15-13(33)8(39-21)2-37-43(35,45)41-14-9(3-38-44(36,46)42-15)40-20(10(14)22)31-5-28-11-16(24)26-4-27-18(11)31/h4-6,8-10,13-15,20-21,33H,2-3H2,1H3,(H2,23,30)(H2,25,34)(H,35,45)(H,36,46)(H2,24,26,27)/t8-,9-,10?,13?,14?,15?,20-,21-,43?,44?/m1/s1. The molecule has 3 saturated heterocycles. The smallest absolute Gasteiger partial charge is 0.386 e. The van der Waals surface area contributed by atoms with Crippen molar-refractivity contribution in [3.63, 3.8) is 0 Å². The van der Waals surface area contributed by atoms with Gasteiger partial charge in [-0.2, -0.15) is 0 Å². The number of aliphatic imine (C=N–C) groups is 1. The number of fused-ring (bicyclic) bond motifs is 4. The fraction of sp³-hybridized carbons (Fsp3) is 0.524. The number of halogens is 1. The Morgan fingerprint density at radius 1 is 1.09 bits per heavy atom. The zero-order valence-electron chi connectivity index (χ0n) is 23.4. The average molecular weight is 725 g/mol. The van der Waals surface area contributed by atoms with Gasteiger partial charge >= 0.3 is 13.5 Å². The van der Waals surface area contributed by atoms with Crippen LogP contribution >= 0.6 is 25.8 Å². The highest BCUT2D eigenvalue weighted by Gasteiger charge is 2.53. The number of anilines is 1. The van der Waals surface area contributed by atoms with E-state index < -0.39 is 81.8 Å². The monoisotopic (exact) mass is 724 g/mol. The van der Waals surface area contributed by atoms with Crippen LogP contribution < -0.4 is 17.2 Å². The van der Waals surface area contributed by atoms with Gasteiger partial charge in [-0.15, -0.1) is 0 Å². The number of alkyl halides is 1. The third kappa shape index (κ3) is 6.30. The van der Waals surface area contributed by atoms with Crippen molar-refractivity contribution in [1.82, 2.24) is 29.1 Å². The summed E-state index contributed by atoms with van der Waals surface area (Å²) in [5.74, 6) is -1.05. The molecule has 6 unspecified atom stereocenters. The molecule has 3 aromatic heterocycles. The molecule has 0 saturated carbocycles. The lowest BCUT2D eigenvalue weighted by Gasteiger charge is -2.27. The van der Waals surface area contributed by atoms with Crippen molar-refractivity contribution in [2.45, 2.75) is 56.1 Å². The van der Waals surface area contributed by atoms with E-state index in [2.05, 4.69) is 37.2 Å². The van der Waals surface area contributed by atoms with E-state index in [1.165, 1.54) is 17.8 Å². The Labute approximate surface area is 268 Å². The number of aromatic nitrogens is 6. The zero-order chi connectivity index (χ0) is 33.1. The second-order valence-electron chi connectivity index (χ2n) is 10.3. The van der Waals surface area contributed by atoms with E-state index in [-0.39, 0.29) is 34.3 Å². The molecule has 8 N–H and O–H groups in total. The summed E-state index contributed by atoms with van der Waals surface area (Å²) in [5, 5.41) is 11.2. The Kier molecular flexibility index (Phi) is 8.97. The topological polar surface area (TPSA) is 282 Å². The Hall–Kier alpha value is -2.66. The van der Waals surface area contributed by atoms with Gasteiger partial charge in [-0.1, -0.05) is 12.2 Å². The largest absolute Gasteiger partial charge is 0.387 e. The highest BCUT2D eigenvalue weighted by Crippen LogP contribution is 2.58. The zero-order valence-corrected chi connectivity index (χ0v) is 26.9. The molecule has 46 heavy (non-hydrogen) atoms. The number of primary amides is 1. The number of amides is 1. The lowest BCUT2D eigenvalue weighted by molar-refractivity contribution is -0.0590. The summed E-state index contributed by atoms with van der Waals surface area (Å²) >= 11 is 9.20. The summed E-state index contributed by atoms with van der Waals surface area (Å²) in [6, 6.07) is 0. The number of rotatable bonds is 4. The Bertz CT molecular complexity index is 1790. The minimum Gasteiger partial charge on any atom is -0.387 e. The number of aliphatic hydroxyl groups is 1. The van der Waals surface area contributed by atoms with Crippen molar-refractivity contribution in [1.29, 1.82) is 0 Å². The molecule has 3 aromatic rings. The molecule has 250 valence electrons. The molecule has 3 aliphatic rings. The van der Waals surface area contributed by atoms with E-state index >= 15 is 4.39 Å². The van der Waals surface area contributed by atoms with Gasteiger partial charge in [-0.05, 0) is 18.7 Å². The first-order valence-corrected chi connectivity index (χ1v) is 18.5. The van der Waals surface area contributed by atoms with Crippen LogP contribution in [0.4, 0.5) is 16.0 Å². The van der Waals surface area contributed by atoms with Crippen molar-refractivity contribution in [2.75, 3.05) is 18.9 Å². The number of nitrogens with zero attached hydrogens (tertiary/aromatic N) is 7. The van der Waals surface area contributed by atoms with Crippen molar-refractivity contribution in [2.24, 2.45) is 16.5 Å². The van der Waals surface area contributed by atoms with Gasteiger partial charge in [0.05, 0.1) is 31.7 Å². The molecule has 0 radical (unpaired) electrons. The number of carbonyl (C=O) groups excluding carboxylic acids is 1. The third-order valence-corrected chi connectivity index (χ3v) is 10.3. The van der Waals surface area contributed by atoms with Gasteiger partial charge < -0.3 is 41.2 Å². The summed E-state index contributed by atoms with van der Waals surface area (Å²) in [6.45, 7) is -8.58. The lowest BCUT2D eigenvalue weighted by atomic mass is 10.1. The average Bonchev–Trinajstić information content (AvgIpc) is 3.72. The summed E-state index contributed by atoms with van der Waals surface area (Å²) < 4.78 is 65.9. The maximum absolute atomic E-state index is 16.0. The van der Waals surface area contributed by atoms with Crippen LogP contribution in [0.3, 0.4) is 0 Å². The molecule has 0 aromatic carbocycles. The number of nitrogen functional groups attached to an aromatic ring is 1. The fourth-order valence-electron chi connectivity index (χ4n) is 5.12. The summed E-state index contributed by atoms with van der Waals surface area (Å²) in [5.41, 5.74) is 17.0. The molecule has 0 aliphatic carbocycles. The molecule has 3 aliphatic heterocycles. The molecule has 20 nitrogen and oxygen atoms in total. The number of ether oxygens (including phenoxy) is 2. The number of imidazole rings is 2. The number of nitrogens with two attached hydrogens (primary N) is 3. The fourth-order valence-corrected chi connectivity index (χ4v) is 8.02. The lowest BCUT2D eigenvalue weighted by Crippen LogP contribution is -2.35. The molecule has 3 fully saturated rings. The van der Waals surface area contributed by atoms with Gasteiger partial charge in [-0.3, -0.25) is 27.5 Å². The first kappa shape index (κ1) is 33.2. The number of hydrogen-bond acceptors (Lipinski definition) is 16. The maximum Gasteiger partial charge on any atom is 0.386 e. The van der Waals surface area contributed by atoms with Crippen LogP contribution in [-0.2, 0) is 43.9 Å². The van der Waals surface area contributed by atoms with Crippen molar-refractivity contribution in [3.8, 4) is 0 Å². The van der Waals surface area contributed by atoms with Crippen LogP contribution in [0.25, 0.3) is 11.2 Å². The second kappa shape index (κ2) is 12.4. The van der Waals surface area contributed by atoms with Crippen LogP contribution in [0.2, 0.25) is 0 Å². The van der Waals surface area contributed by atoms with Crippen LogP contribution in [-0.4, -0.2) is 101 Å².